The lowest BCUT2D eigenvalue weighted by Gasteiger charge is -2.44. The molecule has 2 aromatic carbocycles. The molecule has 0 saturated heterocycles. The first-order chi connectivity index (χ1) is 17.8. The number of allylic oxidation sites excluding steroid dienone is 4. The summed E-state index contributed by atoms with van der Waals surface area (Å²) in [5.74, 6) is -0.816. The molecule has 0 fully saturated rings. The number of hydrogen-bond acceptors (Lipinski definition) is 5. The van der Waals surface area contributed by atoms with Crippen molar-refractivity contribution in [2.75, 3.05) is 6.54 Å². The summed E-state index contributed by atoms with van der Waals surface area (Å²) in [6, 6.07) is 13.7. The minimum atomic E-state index is -0.900. The van der Waals surface area contributed by atoms with E-state index < -0.39 is 11.9 Å². The quantitative estimate of drug-likeness (QED) is 0.368. The number of carboxylic acids is 1. The van der Waals surface area contributed by atoms with Gasteiger partial charge < -0.3 is 14.7 Å². The van der Waals surface area contributed by atoms with E-state index in [9.17, 15) is 19.5 Å². The van der Waals surface area contributed by atoms with Crippen molar-refractivity contribution < 1.29 is 24.2 Å². The van der Waals surface area contributed by atoms with Gasteiger partial charge in [-0.25, -0.2) is 0 Å². The Morgan fingerprint density at radius 1 is 0.946 bits per heavy atom. The molecule has 6 nitrogen and oxygen atoms in total. The van der Waals surface area contributed by atoms with Crippen molar-refractivity contribution in [2.24, 2.45) is 0 Å². The summed E-state index contributed by atoms with van der Waals surface area (Å²) in [5, 5.41) is 9.40. The predicted octanol–water partition coefficient (Wildman–Crippen LogP) is 6.68. The third-order valence-electron chi connectivity index (χ3n) is 7.21. The lowest BCUT2D eigenvalue weighted by Crippen LogP contribution is -2.40. The summed E-state index contributed by atoms with van der Waals surface area (Å²) >= 11 is 7.27. The van der Waals surface area contributed by atoms with Crippen LogP contribution in [0.15, 0.2) is 74.0 Å². The third-order valence-corrected chi connectivity index (χ3v) is 8.26. The highest BCUT2D eigenvalue weighted by atomic mass is 79.9. The smallest absolute Gasteiger partial charge is 0.305 e. The number of halogens is 2. The molecule has 5 rings (SSSR count). The molecule has 1 aliphatic heterocycles. The highest BCUT2D eigenvalue weighted by Gasteiger charge is 2.44. The number of ketones is 2. The number of carbonyl (C=O) groups excluding carboxylic acids is 2. The van der Waals surface area contributed by atoms with Gasteiger partial charge >= 0.3 is 5.97 Å². The maximum absolute atomic E-state index is 13.5. The second-order valence-electron chi connectivity index (χ2n) is 9.58. The fourth-order valence-corrected chi connectivity index (χ4v) is 7.05. The van der Waals surface area contributed by atoms with E-state index in [-0.39, 0.29) is 24.5 Å². The molecule has 1 N–H and O–H groups in total. The zero-order chi connectivity index (χ0) is 26.1. The monoisotopic (exact) mass is 627 g/mol. The normalized spacial score (nSPS) is 18.2. The van der Waals surface area contributed by atoms with Crippen LogP contribution < -0.4 is 4.74 Å². The zero-order valence-electron chi connectivity index (χ0n) is 20.3. The molecule has 0 radical (unpaired) electrons. The van der Waals surface area contributed by atoms with Gasteiger partial charge in [-0.1, -0.05) is 46.3 Å². The van der Waals surface area contributed by atoms with Crippen molar-refractivity contribution in [3.8, 4) is 5.75 Å². The van der Waals surface area contributed by atoms with Gasteiger partial charge in [0.1, 0.15) is 12.4 Å². The Labute approximate surface area is 232 Å². The predicted molar refractivity (Wildman–Crippen MR) is 146 cm³/mol. The first-order valence-electron chi connectivity index (χ1n) is 12.5. The van der Waals surface area contributed by atoms with Crippen molar-refractivity contribution in [1.29, 1.82) is 0 Å². The Morgan fingerprint density at radius 3 is 2.16 bits per heavy atom. The summed E-state index contributed by atoms with van der Waals surface area (Å²) in [6.45, 7) is 0.588. The second-order valence-corrected chi connectivity index (χ2v) is 11.4. The molecule has 0 unspecified atom stereocenters. The zero-order valence-corrected chi connectivity index (χ0v) is 23.4. The lowest BCUT2D eigenvalue weighted by atomic mass is 9.70. The van der Waals surface area contributed by atoms with Crippen LogP contribution in [0, 0.1) is 0 Å². The van der Waals surface area contributed by atoms with E-state index >= 15 is 0 Å². The van der Waals surface area contributed by atoms with Gasteiger partial charge in [0.25, 0.3) is 0 Å². The molecule has 0 amide bonds. The van der Waals surface area contributed by atoms with Crippen LogP contribution >= 0.6 is 31.9 Å². The van der Waals surface area contributed by atoms with Crippen molar-refractivity contribution >= 4 is 49.4 Å². The average molecular weight is 629 g/mol. The number of ether oxygens (including phenoxy) is 1. The molecule has 192 valence electrons. The van der Waals surface area contributed by atoms with E-state index in [2.05, 4.69) is 31.9 Å². The molecule has 8 heteroatoms. The number of benzene rings is 2. The van der Waals surface area contributed by atoms with Crippen molar-refractivity contribution in [2.45, 2.75) is 57.5 Å². The SMILES string of the molecule is O=C(O)CCN1C2=C(C(=O)CCC2)C(c2cc(Br)cc(Br)c2OCc2ccccc2)C2=C1CCCC2=O. The number of hydrogen-bond donors (Lipinski definition) is 1. The molecular formula is C29H27Br2NO5. The number of nitrogens with zero attached hydrogens (tertiary/aromatic N) is 1. The van der Waals surface area contributed by atoms with E-state index in [1.54, 1.807) is 0 Å². The number of aliphatic carboxylic acids is 1. The summed E-state index contributed by atoms with van der Waals surface area (Å²) in [4.78, 5) is 40.5. The molecule has 1 heterocycles. The molecule has 0 saturated carbocycles. The van der Waals surface area contributed by atoms with Crippen molar-refractivity contribution in [3.05, 3.63) is 85.1 Å². The van der Waals surface area contributed by atoms with Crippen molar-refractivity contribution in [3.63, 3.8) is 0 Å². The van der Waals surface area contributed by atoms with E-state index in [0.29, 0.717) is 62.0 Å². The van der Waals surface area contributed by atoms with Gasteiger partial charge in [0.05, 0.1) is 10.9 Å². The molecule has 2 aliphatic carbocycles. The van der Waals surface area contributed by atoms with E-state index in [0.717, 1.165) is 31.5 Å². The van der Waals surface area contributed by atoms with Crippen LogP contribution in [-0.2, 0) is 21.0 Å². The molecular weight excluding hydrogens is 602 g/mol. The van der Waals surface area contributed by atoms with Gasteiger partial charge in [-0.05, 0) is 59.3 Å². The first kappa shape index (κ1) is 25.9. The molecule has 37 heavy (non-hydrogen) atoms. The Balaban J connectivity index is 1.68. The summed E-state index contributed by atoms with van der Waals surface area (Å²) in [5.41, 5.74) is 4.72. The van der Waals surface area contributed by atoms with Gasteiger partial charge in [0.2, 0.25) is 0 Å². The number of carboxylic acid groups (broad SMARTS) is 1. The second kappa shape index (κ2) is 11.0. The maximum atomic E-state index is 13.5. The Bertz CT molecular complexity index is 1290. The third kappa shape index (κ3) is 5.18. The van der Waals surface area contributed by atoms with Gasteiger partial charge in [0, 0.05) is 57.9 Å². The number of Topliss-reactive ketones (excluding diaryl/α,β-unsaturated/α-hetero) is 2. The van der Waals surface area contributed by atoms with Gasteiger partial charge in [-0.3, -0.25) is 14.4 Å². The van der Waals surface area contributed by atoms with Crippen LogP contribution in [0.25, 0.3) is 0 Å². The fraction of sp³-hybridized carbons (Fsp3) is 0.345. The molecule has 0 spiro atoms. The molecule has 2 aromatic rings. The van der Waals surface area contributed by atoms with Gasteiger partial charge in [-0.2, -0.15) is 0 Å². The van der Waals surface area contributed by atoms with E-state index in [1.165, 1.54) is 0 Å². The summed E-state index contributed by atoms with van der Waals surface area (Å²) < 4.78 is 7.92. The van der Waals surface area contributed by atoms with Crippen LogP contribution in [0.1, 0.15) is 62.0 Å². The molecule has 0 bridgehead atoms. The Morgan fingerprint density at radius 2 is 1.57 bits per heavy atom. The van der Waals surface area contributed by atoms with Crippen LogP contribution in [0.4, 0.5) is 0 Å². The standard InChI is InChI=1S/C29H27Br2NO5/c30-18-14-19(29(20(31)15-18)37-16-17-6-2-1-3-7-17)26-27-21(8-4-10-23(27)33)32(13-12-25(35)36)22-9-5-11-24(34)28(22)26/h1-3,6-7,14-15,26H,4-5,8-13,16H2,(H,35,36). The maximum Gasteiger partial charge on any atom is 0.305 e. The van der Waals surface area contributed by atoms with Crippen LogP contribution in [0.5, 0.6) is 5.75 Å². The van der Waals surface area contributed by atoms with Crippen LogP contribution in [0.3, 0.4) is 0 Å². The molecule has 0 atom stereocenters. The Hall–Kier alpha value is -2.71. The minimum Gasteiger partial charge on any atom is -0.487 e. The van der Waals surface area contributed by atoms with Crippen LogP contribution in [0.2, 0.25) is 0 Å². The van der Waals surface area contributed by atoms with Crippen LogP contribution in [-0.4, -0.2) is 34.1 Å². The summed E-state index contributed by atoms with van der Waals surface area (Å²) in [6.07, 6.45) is 3.54. The highest BCUT2D eigenvalue weighted by Crippen LogP contribution is 2.52. The molecule has 0 aromatic heterocycles. The summed E-state index contributed by atoms with van der Waals surface area (Å²) in [7, 11) is 0. The minimum absolute atomic E-state index is 0.0154. The number of carbonyl (C=O) groups is 3. The topological polar surface area (TPSA) is 83.9 Å². The largest absolute Gasteiger partial charge is 0.487 e. The fourth-order valence-electron chi connectivity index (χ4n) is 5.68. The van der Waals surface area contributed by atoms with Gasteiger partial charge in [0.15, 0.2) is 11.6 Å². The molecule has 3 aliphatic rings. The Kier molecular flexibility index (Phi) is 7.67. The average Bonchev–Trinajstić information content (AvgIpc) is 2.87. The van der Waals surface area contributed by atoms with E-state index in [4.69, 9.17) is 4.74 Å². The first-order valence-corrected chi connectivity index (χ1v) is 14.1. The highest BCUT2D eigenvalue weighted by molar-refractivity contribution is 9.11. The lowest BCUT2D eigenvalue weighted by molar-refractivity contribution is -0.137. The van der Waals surface area contributed by atoms with Gasteiger partial charge in [-0.15, -0.1) is 0 Å². The number of rotatable bonds is 7. The van der Waals surface area contributed by atoms with E-state index in [1.807, 2.05) is 47.4 Å². The van der Waals surface area contributed by atoms with Crippen molar-refractivity contribution in [1.82, 2.24) is 4.90 Å².